The van der Waals surface area contributed by atoms with Crippen LogP contribution in [0.1, 0.15) is 40.5 Å². The van der Waals surface area contributed by atoms with E-state index in [1.807, 2.05) is 5.48 Å². The van der Waals surface area contributed by atoms with Gasteiger partial charge in [0.05, 0.1) is 23.5 Å². The highest BCUT2D eigenvalue weighted by Gasteiger charge is 2.49. The zero-order valence-corrected chi connectivity index (χ0v) is 16.0. The Labute approximate surface area is 158 Å². The van der Waals surface area contributed by atoms with Gasteiger partial charge in [0.2, 0.25) is 0 Å². The average Bonchev–Trinajstić information content (AvgIpc) is 2.84. The first kappa shape index (κ1) is 21.3. The van der Waals surface area contributed by atoms with Gasteiger partial charge in [0.25, 0.3) is 0 Å². The van der Waals surface area contributed by atoms with E-state index in [0.717, 1.165) is 0 Å². The Hall–Kier alpha value is -2.03. The molecule has 0 bridgehead atoms. The number of ketones is 1. The van der Waals surface area contributed by atoms with Gasteiger partial charge in [0.15, 0.2) is 5.78 Å². The van der Waals surface area contributed by atoms with E-state index in [1.165, 1.54) is 13.0 Å². The standard InChI is InChI=1S/C19H27NO7/c1-9(2)17(22)27-14-8-19(5,24)15(20-25)7-12(21)10(3)6-13-16(14)11(4)18(23)26-13/h6,9,13-16,20,24-25H,4,7-8H2,1-3,5H3/b10-6-/t13-,14-,15?,16+,19-/m1/s1. The molecule has 27 heavy (non-hydrogen) atoms. The fourth-order valence-corrected chi connectivity index (χ4v) is 3.35. The molecule has 0 aromatic heterocycles. The predicted molar refractivity (Wildman–Crippen MR) is 94.6 cm³/mol. The van der Waals surface area contributed by atoms with Gasteiger partial charge in [-0.15, -0.1) is 0 Å². The molecule has 1 heterocycles. The van der Waals surface area contributed by atoms with Crippen LogP contribution in [0.5, 0.6) is 0 Å². The lowest BCUT2D eigenvalue weighted by molar-refractivity contribution is -0.161. The molecule has 0 amide bonds. The van der Waals surface area contributed by atoms with Crippen LogP contribution >= 0.6 is 0 Å². The highest BCUT2D eigenvalue weighted by Crippen LogP contribution is 2.38. The van der Waals surface area contributed by atoms with E-state index in [0.29, 0.717) is 5.57 Å². The molecule has 2 aliphatic rings. The van der Waals surface area contributed by atoms with Crippen molar-refractivity contribution in [1.29, 1.82) is 0 Å². The van der Waals surface area contributed by atoms with Crippen molar-refractivity contribution in [2.24, 2.45) is 11.8 Å². The van der Waals surface area contributed by atoms with E-state index in [9.17, 15) is 24.7 Å². The molecule has 1 aliphatic carbocycles. The van der Waals surface area contributed by atoms with Crippen LogP contribution in [-0.2, 0) is 23.9 Å². The lowest BCUT2D eigenvalue weighted by Crippen LogP contribution is -2.53. The maximum atomic E-state index is 12.4. The minimum atomic E-state index is -1.61. The lowest BCUT2D eigenvalue weighted by Gasteiger charge is -2.37. The average molecular weight is 381 g/mol. The predicted octanol–water partition coefficient (Wildman–Crippen LogP) is 1.06. The second-order valence-corrected chi connectivity index (χ2v) is 7.77. The summed E-state index contributed by atoms with van der Waals surface area (Å²) in [5.74, 6) is -2.61. The van der Waals surface area contributed by atoms with Crippen molar-refractivity contribution in [2.75, 3.05) is 0 Å². The molecule has 0 saturated carbocycles. The number of Topliss-reactive ketones (excluding diaryl/α,β-unsaturated/α-hetero) is 1. The van der Waals surface area contributed by atoms with Crippen LogP contribution in [0.15, 0.2) is 23.8 Å². The summed E-state index contributed by atoms with van der Waals surface area (Å²) < 4.78 is 10.9. The quantitative estimate of drug-likeness (QED) is 0.377. The third kappa shape index (κ3) is 4.45. The van der Waals surface area contributed by atoms with Crippen LogP contribution < -0.4 is 5.48 Å². The number of hydrogen-bond donors (Lipinski definition) is 3. The smallest absolute Gasteiger partial charge is 0.334 e. The summed E-state index contributed by atoms with van der Waals surface area (Å²) in [6, 6.07) is -0.989. The second kappa shape index (κ2) is 7.92. The fraction of sp³-hybridized carbons (Fsp3) is 0.632. The normalized spacial score (nSPS) is 36.7. The van der Waals surface area contributed by atoms with Crippen LogP contribution in [-0.4, -0.2) is 51.9 Å². The largest absolute Gasteiger partial charge is 0.461 e. The molecular formula is C19H27NO7. The van der Waals surface area contributed by atoms with E-state index >= 15 is 0 Å². The molecular weight excluding hydrogens is 354 g/mol. The van der Waals surface area contributed by atoms with Gasteiger partial charge in [0, 0.05) is 18.4 Å². The topological polar surface area (TPSA) is 122 Å². The van der Waals surface area contributed by atoms with Gasteiger partial charge in [-0.3, -0.25) is 9.59 Å². The SMILES string of the molecule is C=C1C(=O)O[C@@H]2/C=C(/C)C(=O)CC(NO)[C@](C)(O)C[C@@H](OC(=O)C(C)C)[C@@H]12. The number of allylic oxidation sites excluding steroid dienone is 1. The third-order valence-corrected chi connectivity index (χ3v) is 5.17. The number of rotatable bonds is 3. The summed E-state index contributed by atoms with van der Waals surface area (Å²) in [7, 11) is 0. The Morgan fingerprint density at radius 2 is 2.07 bits per heavy atom. The molecule has 0 aromatic rings. The van der Waals surface area contributed by atoms with E-state index in [4.69, 9.17) is 9.47 Å². The zero-order valence-electron chi connectivity index (χ0n) is 16.0. The Kier molecular flexibility index (Phi) is 6.24. The number of hydroxylamine groups is 1. The zero-order chi connectivity index (χ0) is 20.5. The molecule has 8 nitrogen and oxygen atoms in total. The first-order valence-electron chi connectivity index (χ1n) is 8.91. The molecule has 1 saturated heterocycles. The van der Waals surface area contributed by atoms with Crippen molar-refractivity contribution in [3.63, 3.8) is 0 Å². The molecule has 1 unspecified atom stereocenters. The van der Waals surface area contributed by atoms with Gasteiger partial charge >= 0.3 is 11.9 Å². The van der Waals surface area contributed by atoms with Crippen molar-refractivity contribution in [3.05, 3.63) is 23.8 Å². The highest BCUT2D eigenvalue weighted by atomic mass is 16.6. The Morgan fingerprint density at radius 1 is 1.44 bits per heavy atom. The van der Waals surface area contributed by atoms with Crippen molar-refractivity contribution in [2.45, 2.75) is 64.4 Å². The molecule has 2 rings (SSSR count). The maximum Gasteiger partial charge on any atom is 0.334 e. The second-order valence-electron chi connectivity index (χ2n) is 7.77. The third-order valence-electron chi connectivity index (χ3n) is 5.17. The molecule has 0 spiro atoms. The number of hydrogen-bond acceptors (Lipinski definition) is 8. The van der Waals surface area contributed by atoms with Gasteiger partial charge in [-0.1, -0.05) is 20.4 Å². The summed E-state index contributed by atoms with van der Waals surface area (Å²) in [4.78, 5) is 36.7. The van der Waals surface area contributed by atoms with Crippen LogP contribution in [0.2, 0.25) is 0 Å². The van der Waals surface area contributed by atoms with E-state index in [2.05, 4.69) is 6.58 Å². The number of carbonyl (C=O) groups excluding carboxylic acids is 3. The van der Waals surface area contributed by atoms with Gasteiger partial charge in [-0.2, -0.15) is 5.48 Å². The van der Waals surface area contributed by atoms with Crippen LogP contribution in [0.3, 0.4) is 0 Å². The van der Waals surface area contributed by atoms with Gasteiger partial charge in [0.1, 0.15) is 12.2 Å². The van der Waals surface area contributed by atoms with E-state index in [1.54, 1.807) is 20.8 Å². The number of carbonyl (C=O) groups is 3. The molecule has 5 atom stereocenters. The summed E-state index contributed by atoms with van der Waals surface area (Å²) >= 11 is 0. The van der Waals surface area contributed by atoms with Crippen molar-refractivity contribution in [3.8, 4) is 0 Å². The Bertz CT molecular complexity index is 680. The number of esters is 2. The van der Waals surface area contributed by atoms with Crippen LogP contribution in [0.25, 0.3) is 0 Å². The first-order chi connectivity index (χ1) is 12.5. The van der Waals surface area contributed by atoms with Crippen molar-refractivity contribution < 1.29 is 34.2 Å². The van der Waals surface area contributed by atoms with Crippen LogP contribution in [0, 0.1) is 11.8 Å². The molecule has 0 aromatic carbocycles. The minimum Gasteiger partial charge on any atom is -0.461 e. The lowest BCUT2D eigenvalue weighted by atomic mass is 9.78. The molecule has 3 N–H and O–H groups in total. The number of ether oxygens (including phenoxy) is 2. The van der Waals surface area contributed by atoms with Crippen molar-refractivity contribution in [1.82, 2.24) is 5.48 Å². The highest BCUT2D eigenvalue weighted by molar-refractivity contribution is 5.96. The first-order valence-corrected chi connectivity index (χ1v) is 8.91. The van der Waals surface area contributed by atoms with E-state index < -0.39 is 47.6 Å². The Morgan fingerprint density at radius 3 is 2.63 bits per heavy atom. The number of aliphatic hydroxyl groups is 1. The van der Waals surface area contributed by atoms with Gasteiger partial charge in [-0.05, 0) is 25.5 Å². The monoisotopic (exact) mass is 381 g/mol. The number of nitrogens with one attached hydrogen (secondary N) is 1. The van der Waals surface area contributed by atoms with E-state index in [-0.39, 0.29) is 24.2 Å². The molecule has 0 radical (unpaired) electrons. The van der Waals surface area contributed by atoms with Crippen molar-refractivity contribution >= 4 is 17.7 Å². The molecule has 1 fully saturated rings. The summed E-state index contributed by atoms with van der Waals surface area (Å²) in [6.07, 6.45) is -0.544. The minimum absolute atomic E-state index is 0.114. The maximum absolute atomic E-state index is 12.4. The molecule has 8 heteroatoms. The summed E-state index contributed by atoms with van der Waals surface area (Å²) in [6.45, 7) is 10.1. The number of fused-ring (bicyclic) bond motifs is 1. The molecule has 150 valence electrons. The molecule has 1 aliphatic heterocycles. The summed E-state index contributed by atoms with van der Waals surface area (Å²) in [5, 5.41) is 20.4. The fourth-order valence-electron chi connectivity index (χ4n) is 3.35. The van der Waals surface area contributed by atoms with Crippen LogP contribution in [0.4, 0.5) is 0 Å². The van der Waals surface area contributed by atoms with Gasteiger partial charge in [-0.25, -0.2) is 4.79 Å². The Balaban J connectivity index is 2.53. The summed E-state index contributed by atoms with van der Waals surface area (Å²) in [5.41, 5.74) is 0.800. The van der Waals surface area contributed by atoms with Gasteiger partial charge < -0.3 is 19.8 Å².